The van der Waals surface area contributed by atoms with Gasteiger partial charge in [-0.15, -0.1) is 6.58 Å². The molecule has 0 aromatic carbocycles. The highest BCUT2D eigenvalue weighted by Gasteiger charge is 2.30. The van der Waals surface area contributed by atoms with Gasteiger partial charge in [0.05, 0.1) is 25.9 Å². The van der Waals surface area contributed by atoms with Crippen molar-refractivity contribution in [2.24, 2.45) is 0 Å². The van der Waals surface area contributed by atoms with Crippen LogP contribution >= 0.6 is 7.82 Å². The first kappa shape index (κ1) is 25.1. The quantitative estimate of drug-likeness (QED) is 0.175. The van der Waals surface area contributed by atoms with Gasteiger partial charge in [-0.25, -0.2) is 9.36 Å². The molecule has 0 aliphatic heterocycles. The second-order valence-electron chi connectivity index (χ2n) is 5.29. The molecule has 3 amide bonds. The molecular formula is C15H28N3O8P. The lowest BCUT2D eigenvalue weighted by molar-refractivity contribution is -0.148. The summed E-state index contributed by atoms with van der Waals surface area (Å²) < 4.78 is 33.2. The fourth-order valence-corrected chi connectivity index (χ4v) is 2.91. The van der Waals surface area contributed by atoms with Crippen LogP contribution in [0.15, 0.2) is 12.7 Å². The van der Waals surface area contributed by atoms with Crippen LogP contribution in [0.25, 0.3) is 0 Å². The zero-order chi connectivity index (χ0) is 20.9. The van der Waals surface area contributed by atoms with Crippen LogP contribution in [0.5, 0.6) is 0 Å². The highest BCUT2D eigenvalue weighted by Crippen LogP contribution is 2.49. The number of hydrogen-bond acceptors (Lipinski definition) is 8. The summed E-state index contributed by atoms with van der Waals surface area (Å²) in [6.45, 7) is 7.01. The van der Waals surface area contributed by atoms with Gasteiger partial charge >= 0.3 is 19.8 Å². The number of carbonyl (C=O) groups is 3. The Morgan fingerprint density at radius 1 is 1.19 bits per heavy atom. The number of ether oxygens (including phenoxy) is 1. The Labute approximate surface area is 158 Å². The van der Waals surface area contributed by atoms with Gasteiger partial charge in [-0.1, -0.05) is 6.08 Å². The molecule has 0 aromatic heterocycles. The summed E-state index contributed by atoms with van der Waals surface area (Å²) in [5.74, 6) is -0.930. The predicted molar refractivity (Wildman–Crippen MR) is 97.0 cm³/mol. The van der Waals surface area contributed by atoms with Crippen molar-refractivity contribution in [3.63, 3.8) is 0 Å². The molecule has 0 fully saturated rings. The summed E-state index contributed by atoms with van der Waals surface area (Å²) in [6, 6.07) is -1.21. The van der Waals surface area contributed by atoms with Crippen LogP contribution in [-0.2, 0) is 32.5 Å². The lowest BCUT2D eigenvalue weighted by atomic mass is 10.2. The molecule has 0 heterocycles. The molecule has 0 bridgehead atoms. The van der Waals surface area contributed by atoms with E-state index in [0.29, 0.717) is 0 Å². The van der Waals surface area contributed by atoms with Gasteiger partial charge in [0.25, 0.3) is 0 Å². The summed E-state index contributed by atoms with van der Waals surface area (Å²) in [4.78, 5) is 33.5. The first-order chi connectivity index (χ1) is 12.6. The predicted octanol–water partition coefficient (Wildman–Crippen LogP) is 0.716. The third-order valence-electron chi connectivity index (χ3n) is 2.93. The van der Waals surface area contributed by atoms with Gasteiger partial charge in [-0.2, -0.15) is 0 Å². The maximum atomic E-state index is 12.7. The smallest absolute Gasteiger partial charge is 0.461 e. The van der Waals surface area contributed by atoms with Gasteiger partial charge in [-0.3, -0.25) is 23.2 Å². The third-order valence-corrected chi connectivity index (χ3v) is 4.36. The fourth-order valence-electron chi connectivity index (χ4n) is 1.74. The molecule has 12 heteroatoms. The summed E-state index contributed by atoms with van der Waals surface area (Å²) in [5, 5.41) is 7.35. The molecule has 0 rings (SSSR count). The molecule has 0 saturated heterocycles. The van der Waals surface area contributed by atoms with Gasteiger partial charge in [0.2, 0.25) is 5.91 Å². The molecule has 3 unspecified atom stereocenters. The molecule has 156 valence electrons. The second-order valence-corrected chi connectivity index (χ2v) is 6.96. The Morgan fingerprint density at radius 2 is 1.85 bits per heavy atom. The largest absolute Gasteiger partial charge is 0.475 e. The van der Waals surface area contributed by atoms with E-state index in [1.807, 2.05) is 0 Å². The molecule has 0 aromatic rings. The average Bonchev–Trinajstić information content (AvgIpc) is 2.59. The molecule has 0 aliphatic carbocycles. The Bertz CT molecular complexity index is 557. The maximum Gasteiger partial charge on any atom is 0.475 e. The molecular weight excluding hydrogens is 381 g/mol. The number of rotatable bonds is 13. The number of hydrogen-bond donors (Lipinski definition) is 3. The topological polar surface area (TPSA) is 141 Å². The third kappa shape index (κ3) is 12.1. The van der Waals surface area contributed by atoms with Crippen LogP contribution in [0.2, 0.25) is 0 Å². The minimum absolute atomic E-state index is 0.0590. The Hall–Kier alpha value is -1.94. The molecule has 11 nitrogen and oxygen atoms in total. The number of esters is 1. The van der Waals surface area contributed by atoms with E-state index in [4.69, 9.17) is 18.3 Å². The number of nitrogens with one attached hydrogen (secondary N) is 3. The minimum atomic E-state index is -4.01. The monoisotopic (exact) mass is 409 g/mol. The van der Waals surface area contributed by atoms with Crippen molar-refractivity contribution < 1.29 is 37.3 Å². The number of phosphoric ester groups is 1. The summed E-state index contributed by atoms with van der Waals surface area (Å²) in [7, 11) is -2.56. The summed E-state index contributed by atoms with van der Waals surface area (Å²) in [5.41, 5.74) is 0. The molecule has 3 N–H and O–H groups in total. The van der Waals surface area contributed by atoms with Crippen molar-refractivity contribution in [1.82, 2.24) is 16.0 Å². The molecule has 27 heavy (non-hydrogen) atoms. The van der Waals surface area contributed by atoms with Crippen LogP contribution in [0, 0.1) is 0 Å². The zero-order valence-electron chi connectivity index (χ0n) is 16.0. The zero-order valence-corrected chi connectivity index (χ0v) is 16.9. The van der Waals surface area contributed by atoms with Gasteiger partial charge in [-0.05, 0) is 6.92 Å². The molecule has 0 spiro atoms. The van der Waals surface area contributed by atoms with Crippen molar-refractivity contribution in [2.75, 3.05) is 33.4 Å². The standard InChI is InChI=1S/C15H28N3O8P/c1-6-8-23-27(22,24-9-7-17-15(21)16-5)25-10-14(18-12(3)19)11(2)26-13(4)20/h6,11,14H,1,7-10H2,2-5H3,(H,18,19)(H2,16,17,21). The van der Waals surface area contributed by atoms with E-state index in [2.05, 4.69) is 22.5 Å². The average molecular weight is 409 g/mol. The Morgan fingerprint density at radius 3 is 2.37 bits per heavy atom. The van der Waals surface area contributed by atoms with E-state index in [1.165, 1.54) is 27.0 Å². The van der Waals surface area contributed by atoms with Crippen LogP contribution in [-0.4, -0.2) is 63.5 Å². The van der Waals surface area contributed by atoms with Gasteiger partial charge in [0.1, 0.15) is 6.10 Å². The Balaban J connectivity index is 4.86. The minimum Gasteiger partial charge on any atom is -0.461 e. The Kier molecular flexibility index (Phi) is 12.3. The van der Waals surface area contributed by atoms with E-state index >= 15 is 0 Å². The van der Waals surface area contributed by atoms with E-state index in [-0.39, 0.29) is 32.3 Å². The first-order valence-corrected chi connectivity index (χ1v) is 9.64. The summed E-state index contributed by atoms with van der Waals surface area (Å²) in [6.07, 6.45) is 0.615. The van der Waals surface area contributed by atoms with Crippen molar-refractivity contribution in [1.29, 1.82) is 0 Å². The summed E-state index contributed by atoms with van der Waals surface area (Å²) >= 11 is 0. The van der Waals surface area contributed by atoms with E-state index in [0.717, 1.165) is 0 Å². The van der Waals surface area contributed by atoms with Crippen LogP contribution < -0.4 is 16.0 Å². The number of urea groups is 1. The first-order valence-electron chi connectivity index (χ1n) is 8.18. The number of phosphoric acid groups is 1. The van der Waals surface area contributed by atoms with E-state index in [9.17, 15) is 18.9 Å². The van der Waals surface area contributed by atoms with Crippen molar-refractivity contribution in [3.05, 3.63) is 12.7 Å². The second kappa shape index (κ2) is 13.3. The van der Waals surface area contributed by atoms with Crippen molar-refractivity contribution in [2.45, 2.75) is 32.9 Å². The molecule has 0 radical (unpaired) electrons. The van der Waals surface area contributed by atoms with E-state index in [1.54, 1.807) is 6.92 Å². The van der Waals surface area contributed by atoms with Crippen molar-refractivity contribution in [3.8, 4) is 0 Å². The van der Waals surface area contributed by atoms with Crippen molar-refractivity contribution >= 4 is 25.7 Å². The molecule has 0 aliphatic rings. The van der Waals surface area contributed by atoms with Gasteiger partial charge in [0, 0.05) is 27.4 Å². The van der Waals surface area contributed by atoms with E-state index < -0.39 is 32.0 Å². The SMILES string of the molecule is C=CCOP(=O)(OCCNC(=O)NC)OCC(NC(C)=O)C(C)OC(C)=O. The fraction of sp³-hybridized carbons (Fsp3) is 0.667. The number of amides is 3. The normalized spacial score (nSPS) is 15.0. The number of carbonyl (C=O) groups excluding carboxylic acids is 3. The van der Waals surface area contributed by atoms with Gasteiger partial charge < -0.3 is 20.7 Å². The lowest BCUT2D eigenvalue weighted by Gasteiger charge is -2.26. The molecule has 0 saturated carbocycles. The highest BCUT2D eigenvalue weighted by molar-refractivity contribution is 7.48. The van der Waals surface area contributed by atoms with Crippen LogP contribution in [0.3, 0.4) is 0 Å². The van der Waals surface area contributed by atoms with Crippen LogP contribution in [0.1, 0.15) is 20.8 Å². The maximum absolute atomic E-state index is 12.7. The van der Waals surface area contributed by atoms with Crippen LogP contribution in [0.4, 0.5) is 4.79 Å². The lowest BCUT2D eigenvalue weighted by Crippen LogP contribution is -2.46. The molecule has 3 atom stereocenters. The highest BCUT2D eigenvalue weighted by atomic mass is 31.2. The van der Waals surface area contributed by atoms with Gasteiger partial charge in [0.15, 0.2) is 0 Å².